The van der Waals surface area contributed by atoms with E-state index in [-0.39, 0.29) is 49.4 Å². The molecule has 0 aliphatic heterocycles. The van der Waals surface area contributed by atoms with Gasteiger partial charge in [0.25, 0.3) is 0 Å². The van der Waals surface area contributed by atoms with Gasteiger partial charge in [0.05, 0.1) is 17.6 Å². The Bertz CT molecular complexity index is 1310. The molecule has 1 aromatic heterocycles. The summed E-state index contributed by atoms with van der Waals surface area (Å²) >= 11 is 1.40. The molecule has 0 amide bonds. The molecule has 4 nitrogen and oxygen atoms in total. The van der Waals surface area contributed by atoms with Gasteiger partial charge in [0.15, 0.2) is 0 Å². The van der Waals surface area contributed by atoms with Gasteiger partial charge in [-0.05, 0) is 94.2 Å². The lowest BCUT2D eigenvalue weighted by atomic mass is 9.97. The van der Waals surface area contributed by atoms with E-state index in [9.17, 15) is 26.7 Å². The highest BCUT2D eigenvalue weighted by Gasteiger charge is 2.33. The number of carbonyl (C=O) groups excluding carboxylic acids is 1. The molecule has 0 fully saturated rings. The molecule has 2 aromatic carbocycles. The molecular weight excluding hydrogens is 575 g/mol. The first-order valence-corrected chi connectivity index (χ1v) is 15.3. The molecule has 10 heteroatoms. The van der Waals surface area contributed by atoms with Crippen molar-refractivity contribution in [2.75, 3.05) is 12.4 Å². The smallest absolute Gasteiger partial charge is 0.465 e. The number of fused-ring (bicyclic) bond motifs is 1. The Labute approximate surface area is 248 Å². The van der Waals surface area contributed by atoms with Gasteiger partial charge in [0.2, 0.25) is 5.92 Å². The maximum Gasteiger partial charge on any atom is 0.573 e. The number of halogens is 5. The molecule has 3 aromatic rings. The van der Waals surface area contributed by atoms with E-state index >= 15 is 0 Å². The molecule has 0 bridgehead atoms. The zero-order valence-corrected chi connectivity index (χ0v) is 25.4. The van der Waals surface area contributed by atoms with Gasteiger partial charge < -0.3 is 13.9 Å². The van der Waals surface area contributed by atoms with Crippen molar-refractivity contribution in [1.29, 1.82) is 0 Å². The van der Waals surface area contributed by atoms with Crippen LogP contribution < -0.4 is 4.74 Å². The molecule has 0 atom stereocenters. The van der Waals surface area contributed by atoms with Gasteiger partial charge in [-0.3, -0.25) is 4.79 Å². The fraction of sp³-hybridized carbons (Fsp3) is 0.531. The molecule has 0 radical (unpaired) electrons. The van der Waals surface area contributed by atoms with Crippen LogP contribution in [-0.4, -0.2) is 30.6 Å². The molecule has 0 N–H and O–H groups in total. The van der Waals surface area contributed by atoms with Crippen molar-refractivity contribution in [2.45, 2.75) is 96.2 Å². The number of furan rings is 1. The molecule has 1 heterocycles. The molecule has 0 aliphatic carbocycles. The van der Waals surface area contributed by atoms with Gasteiger partial charge >= 0.3 is 12.3 Å². The van der Waals surface area contributed by atoms with Crippen molar-refractivity contribution in [2.24, 2.45) is 5.41 Å². The lowest BCUT2D eigenvalue weighted by molar-refractivity contribution is -0.274. The first-order chi connectivity index (χ1) is 19.7. The molecule has 0 saturated heterocycles. The first-order valence-electron chi connectivity index (χ1n) is 14.3. The third-order valence-electron chi connectivity index (χ3n) is 6.59. The summed E-state index contributed by atoms with van der Waals surface area (Å²) in [7, 11) is 0. The number of hydrogen-bond donors (Lipinski definition) is 0. The normalized spacial score (nSPS) is 12.6. The number of alkyl halides is 5. The van der Waals surface area contributed by atoms with Crippen molar-refractivity contribution < 1.29 is 40.6 Å². The Hall–Kier alpha value is -2.75. The van der Waals surface area contributed by atoms with E-state index in [1.54, 1.807) is 51.1 Å². The summed E-state index contributed by atoms with van der Waals surface area (Å²) in [4.78, 5) is 12.5. The van der Waals surface area contributed by atoms with Crippen LogP contribution in [0.25, 0.3) is 22.3 Å². The van der Waals surface area contributed by atoms with Crippen LogP contribution in [-0.2, 0) is 16.0 Å². The summed E-state index contributed by atoms with van der Waals surface area (Å²) in [6.07, 6.45) is -1.58. The van der Waals surface area contributed by atoms with Crippen LogP contribution in [0, 0.1) is 5.41 Å². The molecule has 0 aliphatic rings. The second-order valence-corrected chi connectivity index (χ2v) is 12.6. The number of carbonyl (C=O) groups is 1. The van der Waals surface area contributed by atoms with Crippen LogP contribution in [0.2, 0.25) is 0 Å². The topological polar surface area (TPSA) is 48.7 Å². The third-order valence-corrected chi connectivity index (χ3v) is 7.67. The van der Waals surface area contributed by atoms with E-state index in [1.807, 2.05) is 6.07 Å². The van der Waals surface area contributed by atoms with Crippen molar-refractivity contribution in [3.05, 3.63) is 48.0 Å². The fourth-order valence-electron chi connectivity index (χ4n) is 4.31. The molecule has 42 heavy (non-hydrogen) atoms. The summed E-state index contributed by atoms with van der Waals surface area (Å²) in [5.74, 6) is -2.86. The van der Waals surface area contributed by atoms with E-state index in [2.05, 4.69) is 11.7 Å². The number of hydrogen-bond acceptors (Lipinski definition) is 5. The second kappa shape index (κ2) is 14.6. The Morgan fingerprint density at radius 2 is 1.64 bits per heavy atom. The molecule has 0 spiro atoms. The number of unbranched alkanes of at least 4 members (excludes halogenated alkanes) is 2. The van der Waals surface area contributed by atoms with Crippen molar-refractivity contribution in [3.8, 4) is 17.1 Å². The number of aryl methyl sites for hydroxylation is 1. The average Bonchev–Trinajstić information content (AvgIpc) is 3.31. The summed E-state index contributed by atoms with van der Waals surface area (Å²) < 4.78 is 83.4. The highest BCUT2D eigenvalue weighted by Crippen LogP contribution is 2.39. The number of thioether (sulfide) groups is 1. The Morgan fingerprint density at radius 1 is 0.905 bits per heavy atom. The molecule has 232 valence electrons. The minimum absolute atomic E-state index is 0.0292. The quantitative estimate of drug-likeness (QED) is 0.0738. The maximum absolute atomic E-state index is 14.3. The molecule has 0 saturated carbocycles. The van der Waals surface area contributed by atoms with Gasteiger partial charge in [0.1, 0.15) is 17.1 Å². The monoisotopic (exact) mass is 614 g/mol. The number of esters is 1. The lowest BCUT2D eigenvalue weighted by Gasteiger charge is -2.18. The number of benzene rings is 2. The lowest BCUT2D eigenvalue weighted by Crippen LogP contribution is -2.24. The van der Waals surface area contributed by atoms with E-state index in [4.69, 9.17) is 9.15 Å². The van der Waals surface area contributed by atoms with Gasteiger partial charge in [-0.15, -0.1) is 24.9 Å². The zero-order valence-electron chi connectivity index (χ0n) is 24.5. The number of rotatable bonds is 15. The molecule has 0 unspecified atom stereocenters. The SMILES string of the molecule is CCCCCc1ccc(-c2cc3ccc(SCCCC(F)(F)CCCOC(=O)C(C)(C)C)cc3o2)c(OC(F)(F)F)c1. The van der Waals surface area contributed by atoms with Crippen LogP contribution in [0.3, 0.4) is 0 Å². The highest BCUT2D eigenvalue weighted by molar-refractivity contribution is 7.99. The van der Waals surface area contributed by atoms with Gasteiger partial charge in [-0.25, -0.2) is 8.78 Å². The third kappa shape index (κ3) is 10.8. The average molecular weight is 615 g/mol. The van der Waals surface area contributed by atoms with Crippen LogP contribution in [0.4, 0.5) is 22.0 Å². The standard InChI is InChI=1S/C32H39F5O4S/c1-5-6-7-10-22-11-14-25(28(19-22)41-32(35,36)37)27-20-23-12-13-24(21-26(23)40-27)42-18-9-16-31(33,34)15-8-17-39-29(38)30(2,3)4/h11-14,19-21H,5-10,15-18H2,1-4H3. The first kappa shape index (κ1) is 33.7. The van der Waals surface area contributed by atoms with E-state index in [0.717, 1.165) is 29.7 Å². The van der Waals surface area contributed by atoms with Crippen molar-refractivity contribution in [1.82, 2.24) is 0 Å². The van der Waals surface area contributed by atoms with E-state index < -0.39 is 23.7 Å². The zero-order chi connectivity index (χ0) is 31.0. The predicted octanol–water partition coefficient (Wildman–Crippen LogP) is 10.6. The maximum atomic E-state index is 14.3. The van der Waals surface area contributed by atoms with Crippen LogP contribution in [0.5, 0.6) is 5.75 Å². The largest absolute Gasteiger partial charge is 0.573 e. The Kier molecular flexibility index (Phi) is 11.7. The van der Waals surface area contributed by atoms with E-state index in [0.29, 0.717) is 23.1 Å². The Balaban J connectivity index is 1.58. The summed E-state index contributed by atoms with van der Waals surface area (Å²) in [5, 5.41) is 0.707. The van der Waals surface area contributed by atoms with Gasteiger partial charge in [0, 0.05) is 23.1 Å². The predicted molar refractivity (Wildman–Crippen MR) is 156 cm³/mol. The van der Waals surface area contributed by atoms with Crippen LogP contribution in [0.1, 0.15) is 78.2 Å². The summed E-state index contributed by atoms with van der Waals surface area (Å²) in [6.45, 7) is 7.16. The second-order valence-electron chi connectivity index (χ2n) is 11.4. The molecule has 3 rings (SSSR count). The minimum atomic E-state index is -4.84. The highest BCUT2D eigenvalue weighted by atomic mass is 32.2. The minimum Gasteiger partial charge on any atom is -0.465 e. The van der Waals surface area contributed by atoms with Crippen LogP contribution >= 0.6 is 11.8 Å². The van der Waals surface area contributed by atoms with Crippen molar-refractivity contribution >= 4 is 28.7 Å². The number of ether oxygens (including phenoxy) is 2. The van der Waals surface area contributed by atoms with Gasteiger partial charge in [-0.2, -0.15) is 0 Å². The van der Waals surface area contributed by atoms with E-state index in [1.165, 1.54) is 17.8 Å². The summed E-state index contributed by atoms with van der Waals surface area (Å²) in [5.41, 5.74) is 0.780. The van der Waals surface area contributed by atoms with Gasteiger partial charge in [-0.1, -0.05) is 25.8 Å². The fourth-order valence-corrected chi connectivity index (χ4v) is 5.19. The van der Waals surface area contributed by atoms with Crippen molar-refractivity contribution in [3.63, 3.8) is 0 Å². The molecular formula is C32H39F5O4S. The Morgan fingerprint density at radius 3 is 2.33 bits per heavy atom. The summed E-state index contributed by atoms with van der Waals surface area (Å²) in [6, 6.07) is 11.8. The van der Waals surface area contributed by atoms with Crippen LogP contribution in [0.15, 0.2) is 51.8 Å².